The molecule has 0 aliphatic carbocycles. The molecule has 0 fully saturated rings. The van der Waals surface area contributed by atoms with Crippen molar-refractivity contribution in [1.29, 1.82) is 0 Å². The molecule has 1 aliphatic heterocycles. The van der Waals surface area contributed by atoms with Crippen molar-refractivity contribution in [3.8, 4) is 5.75 Å². The van der Waals surface area contributed by atoms with Crippen LogP contribution in [0.15, 0.2) is 53.8 Å². The first-order chi connectivity index (χ1) is 11.9. The van der Waals surface area contributed by atoms with E-state index in [1.807, 2.05) is 24.3 Å². The molecule has 2 heterocycles. The molecule has 1 unspecified atom stereocenters. The number of likely N-dealkylation sites (N-methyl/N-ethyl adjacent to an activating group) is 1. The van der Waals surface area contributed by atoms with Gasteiger partial charge < -0.3 is 10.5 Å². The van der Waals surface area contributed by atoms with E-state index in [1.54, 1.807) is 31.6 Å². The third-order valence-electron chi connectivity index (χ3n) is 4.17. The van der Waals surface area contributed by atoms with E-state index in [2.05, 4.69) is 23.8 Å². The lowest BCUT2D eigenvalue weighted by molar-refractivity contribution is -0.129. The summed E-state index contributed by atoms with van der Waals surface area (Å²) >= 11 is 0. The summed E-state index contributed by atoms with van der Waals surface area (Å²) in [7, 11) is 1.63. The minimum atomic E-state index is -1.21. The normalized spacial score (nSPS) is 20.1. The van der Waals surface area contributed by atoms with Crippen molar-refractivity contribution in [3.05, 3.63) is 59.9 Å². The molecule has 130 valence electrons. The standard InChI is InChI=1S/C19H22N4O2/c1-13(2)12-25-16-6-4-5-15(11-16)19(14-7-9-21-10-8-14)17(24)23(3)18(20)22-19/h4-11,13H,12H2,1-3H3,(H2,20,22). The Morgan fingerprint density at radius 2 is 1.92 bits per heavy atom. The molecule has 0 radical (unpaired) electrons. The van der Waals surface area contributed by atoms with E-state index in [-0.39, 0.29) is 11.9 Å². The van der Waals surface area contributed by atoms with Crippen LogP contribution in [0.3, 0.4) is 0 Å². The van der Waals surface area contributed by atoms with Gasteiger partial charge in [0.2, 0.25) is 0 Å². The van der Waals surface area contributed by atoms with Crippen molar-refractivity contribution in [2.45, 2.75) is 19.4 Å². The summed E-state index contributed by atoms with van der Waals surface area (Å²) in [5.41, 5.74) is 6.20. The quantitative estimate of drug-likeness (QED) is 0.906. The van der Waals surface area contributed by atoms with E-state index in [0.29, 0.717) is 18.3 Å². The molecule has 1 aliphatic rings. The number of carbonyl (C=O) groups excluding carboxylic acids is 1. The Morgan fingerprint density at radius 1 is 1.20 bits per heavy atom. The number of carbonyl (C=O) groups is 1. The summed E-state index contributed by atoms with van der Waals surface area (Å²) < 4.78 is 5.82. The zero-order valence-corrected chi connectivity index (χ0v) is 14.6. The fourth-order valence-electron chi connectivity index (χ4n) is 2.85. The van der Waals surface area contributed by atoms with Gasteiger partial charge in [-0.05, 0) is 41.3 Å². The molecular weight excluding hydrogens is 316 g/mol. The Balaban J connectivity index is 2.12. The second-order valence-corrected chi connectivity index (χ2v) is 6.51. The molecule has 6 nitrogen and oxygen atoms in total. The van der Waals surface area contributed by atoms with Crippen LogP contribution >= 0.6 is 0 Å². The van der Waals surface area contributed by atoms with Gasteiger partial charge in [-0.1, -0.05) is 26.0 Å². The van der Waals surface area contributed by atoms with Crippen molar-refractivity contribution >= 4 is 11.9 Å². The lowest BCUT2D eigenvalue weighted by atomic mass is 9.83. The molecule has 1 atom stereocenters. The molecule has 0 saturated carbocycles. The van der Waals surface area contributed by atoms with Gasteiger partial charge >= 0.3 is 0 Å². The maximum Gasteiger partial charge on any atom is 0.266 e. The molecule has 2 aromatic rings. The van der Waals surface area contributed by atoms with Gasteiger partial charge in [-0.15, -0.1) is 0 Å². The molecule has 1 aromatic carbocycles. The predicted octanol–water partition coefficient (Wildman–Crippen LogP) is 2.15. The van der Waals surface area contributed by atoms with Crippen molar-refractivity contribution < 1.29 is 9.53 Å². The number of pyridine rings is 1. The smallest absolute Gasteiger partial charge is 0.266 e. The average molecular weight is 338 g/mol. The number of hydrogen-bond acceptors (Lipinski definition) is 5. The highest BCUT2D eigenvalue weighted by molar-refractivity contribution is 6.08. The second-order valence-electron chi connectivity index (χ2n) is 6.51. The number of aliphatic imine (C=N–C) groups is 1. The Hall–Kier alpha value is -2.89. The first-order valence-electron chi connectivity index (χ1n) is 8.22. The zero-order valence-electron chi connectivity index (χ0n) is 14.6. The SMILES string of the molecule is CC(C)COc1cccc(C2(c3ccncc3)N=C(N)N(C)C2=O)c1. The number of amides is 1. The van der Waals surface area contributed by atoms with E-state index in [1.165, 1.54) is 4.90 Å². The average Bonchev–Trinajstić information content (AvgIpc) is 2.86. The van der Waals surface area contributed by atoms with E-state index >= 15 is 0 Å². The number of rotatable bonds is 5. The van der Waals surface area contributed by atoms with E-state index in [9.17, 15) is 4.79 Å². The van der Waals surface area contributed by atoms with Crippen LogP contribution < -0.4 is 10.5 Å². The Kier molecular flexibility index (Phi) is 4.44. The number of aromatic nitrogens is 1. The number of hydrogen-bond donors (Lipinski definition) is 1. The lowest BCUT2D eigenvalue weighted by Crippen LogP contribution is -2.41. The third kappa shape index (κ3) is 2.95. The second kappa shape index (κ2) is 6.55. The van der Waals surface area contributed by atoms with Gasteiger partial charge in [0.1, 0.15) is 5.75 Å². The van der Waals surface area contributed by atoms with Crippen LogP contribution in [0.1, 0.15) is 25.0 Å². The summed E-state index contributed by atoms with van der Waals surface area (Å²) in [4.78, 5) is 23.1. The fourth-order valence-corrected chi connectivity index (χ4v) is 2.85. The summed E-state index contributed by atoms with van der Waals surface area (Å²) in [6, 6.07) is 11.0. The molecule has 0 saturated heterocycles. The van der Waals surface area contributed by atoms with Crippen LogP contribution in [0.5, 0.6) is 5.75 Å². The molecule has 3 rings (SSSR count). The maximum absolute atomic E-state index is 13.1. The highest BCUT2D eigenvalue weighted by atomic mass is 16.5. The van der Waals surface area contributed by atoms with Crippen LogP contribution in [0.25, 0.3) is 0 Å². The monoisotopic (exact) mass is 338 g/mol. The van der Waals surface area contributed by atoms with Crippen molar-refractivity contribution in [3.63, 3.8) is 0 Å². The van der Waals surface area contributed by atoms with Crippen LogP contribution in [0, 0.1) is 5.92 Å². The fraction of sp³-hybridized carbons (Fsp3) is 0.316. The van der Waals surface area contributed by atoms with Gasteiger partial charge in [-0.3, -0.25) is 14.7 Å². The molecular formula is C19H22N4O2. The number of benzene rings is 1. The summed E-state index contributed by atoms with van der Waals surface area (Å²) in [6.07, 6.45) is 3.29. The van der Waals surface area contributed by atoms with Crippen molar-refractivity contribution in [2.75, 3.05) is 13.7 Å². The van der Waals surface area contributed by atoms with Crippen molar-refractivity contribution in [2.24, 2.45) is 16.6 Å². The third-order valence-corrected chi connectivity index (χ3v) is 4.17. The largest absolute Gasteiger partial charge is 0.493 e. The van der Waals surface area contributed by atoms with Crippen LogP contribution in [0.2, 0.25) is 0 Å². The molecule has 2 N–H and O–H groups in total. The molecule has 1 amide bonds. The Morgan fingerprint density at radius 3 is 2.52 bits per heavy atom. The van der Waals surface area contributed by atoms with Gasteiger partial charge in [-0.25, -0.2) is 4.99 Å². The van der Waals surface area contributed by atoms with Gasteiger partial charge in [0.15, 0.2) is 11.5 Å². The highest BCUT2D eigenvalue weighted by Crippen LogP contribution is 2.40. The molecule has 6 heteroatoms. The number of ether oxygens (including phenoxy) is 1. The number of nitrogens with two attached hydrogens (primary N) is 1. The summed E-state index contributed by atoms with van der Waals surface area (Å²) in [5, 5.41) is 0. The van der Waals surface area contributed by atoms with Crippen molar-refractivity contribution in [1.82, 2.24) is 9.88 Å². The van der Waals surface area contributed by atoms with E-state index in [0.717, 1.165) is 11.1 Å². The molecule has 0 spiro atoms. The first-order valence-corrected chi connectivity index (χ1v) is 8.22. The number of guanidine groups is 1. The van der Waals surface area contributed by atoms with Crippen LogP contribution in [-0.2, 0) is 10.3 Å². The van der Waals surface area contributed by atoms with Gasteiger partial charge in [0, 0.05) is 19.4 Å². The van der Waals surface area contributed by atoms with Gasteiger partial charge in [0.25, 0.3) is 5.91 Å². The number of nitrogens with zero attached hydrogens (tertiary/aromatic N) is 3. The first kappa shape index (κ1) is 17.0. The van der Waals surface area contributed by atoms with E-state index < -0.39 is 5.54 Å². The molecule has 1 aromatic heterocycles. The van der Waals surface area contributed by atoms with Gasteiger partial charge in [0.05, 0.1) is 6.61 Å². The maximum atomic E-state index is 13.1. The predicted molar refractivity (Wildman–Crippen MR) is 96.2 cm³/mol. The Bertz CT molecular complexity index is 804. The van der Waals surface area contributed by atoms with Crippen LogP contribution in [-0.4, -0.2) is 35.4 Å². The molecule has 25 heavy (non-hydrogen) atoms. The minimum Gasteiger partial charge on any atom is -0.493 e. The lowest BCUT2D eigenvalue weighted by Gasteiger charge is -2.26. The Labute approximate surface area is 147 Å². The van der Waals surface area contributed by atoms with E-state index in [4.69, 9.17) is 10.5 Å². The highest BCUT2D eigenvalue weighted by Gasteiger charge is 2.49. The topological polar surface area (TPSA) is 80.8 Å². The molecule has 0 bridgehead atoms. The zero-order chi connectivity index (χ0) is 18.0. The summed E-state index contributed by atoms with van der Waals surface area (Å²) in [6.45, 7) is 4.77. The minimum absolute atomic E-state index is 0.190. The summed E-state index contributed by atoms with van der Waals surface area (Å²) in [5.74, 6) is 1.11. The van der Waals surface area contributed by atoms with Crippen LogP contribution in [0.4, 0.5) is 0 Å². The van der Waals surface area contributed by atoms with Gasteiger partial charge in [-0.2, -0.15) is 0 Å².